The zero-order valence-corrected chi connectivity index (χ0v) is 32.8. The van der Waals surface area contributed by atoms with Gasteiger partial charge in [-0.3, -0.25) is 19.4 Å². The van der Waals surface area contributed by atoms with Crippen molar-refractivity contribution >= 4 is 37.4 Å². The average molecular weight is 809 g/mol. The molecule has 4 atom stereocenters. The molecule has 1 heterocycles. The summed E-state index contributed by atoms with van der Waals surface area (Å²) in [5.74, 6) is -6.10. The average Bonchev–Trinajstić information content (AvgIpc) is 3.12. The summed E-state index contributed by atoms with van der Waals surface area (Å²) in [6.07, 6.45) is 1.32. The molecule has 17 heteroatoms. The monoisotopic (exact) mass is 808 g/mol. The standard InChI is InChI=1S/C38H50F2N4O9S2/c1-4-10-31(11-5-2)55(51,52)25-33(44-36(46)28-14-9-16-41-24-28)37(47)43-32(22-27-20-29(39)23-30(40)21-27)34(45)35(53-18-19-54(3,49)50)38(48)42-17-15-26-12-7-6-8-13-26/h6-9,12-14,16,20-21,23-24,31-35,45H,4-5,10-11,15,17-19,22,25H2,1-3H3,(H,42,48)(H,43,47)(H,44,46). The largest absolute Gasteiger partial charge is 0.388 e. The van der Waals surface area contributed by atoms with Gasteiger partial charge in [-0.15, -0.1) is 0 Å². The number of hydrogen-bond acceptors (Lipinski definition) is 10. The lowest BCUT2D eigenvalue weighted by atomic mass is 9.96. The molecule has 0 aliphatic carbocycles. The second-order valence-electron chi connectivity index (χ2n) is 13.3. The van der Waals surface area contributed by atoms with E-state index >= 15 is 0 Å². The first-order valence-electron chi connectivity index (χ1n) is 18.0. The van der Waals surface area contributed by atoms with Crippen molar-refractivity contribution in [2.75, 3.05) is 30.9 Å². The Hall–Kier alpha value is -4.32. The second-order valence-corrected chi connectivity index (χ2v) is 17.9. The number of aromatic nitrogens is 1. The predicted molar refractivity (Wildman–Crippen MR) is 203 cm³/mol. The van der Waals surface area contributed by atoms with E-state index in [1.165, 1.54) is 24.5 Å². The summed E-state index contributed by atoms with van der Waals surface area (Å²) in [5, 5.41) is 18.6. The number of ether oxygens (including phenoxy) is 1. The van der Waals surface area contributed by atoms with Crippen LogP contribution in [0.2, 0.25) is 0 Å². The van der Waals surface area contributed by atoms with Crippen molar-refractivity contribution in [2.24, 2.45) is 0 Å². The van der Waals surface area contributed by atoms with Crippen LogP contribution in [0, 0.1) is 11.6 Å². The molecule has 302 valence electrons. The van der Waals surface area contributed by atoms with Crippen molar-refractivity contribution < 1.29 is 49.8 Å². The molecule has 0 saturated carbocycles. The highest BCUT2D eigenvalue weighted by Crippen LogP contribution is 2.19. The van der Waals surface area contributed by atoms with Crippen LogP contribution in [-0.4, -0.2) is 105 Å². The van der Waals surface area contributed by atoms with Crippen LogP contribution >= 0.6 is 0 Å². The quantitative estimate of drug-likeness (QED) is 0.111. The molecule has 0 radical (unpaired) electrons. The van der Waals surface area contributed by atoms with E-state index in [9.17, 15) is 45.1 Å². The van der Waals surface area contributed by atoms with E-state index in [0.717, 1.165) is 24.0 Å². The number of benzene rings is 2. The van der Waals surface area contributed by atoms with Crippen molar-refractivity contribution in [1.82, 2.24) is 20.9 Å². The van der Waals surface area contributed by atoms with E-state index in [0.29, 0.717) is 38.2 Å². The fraction of sp³-hybridized carbons (Fsp3) is 0.474. The molecule has 3 rings (SSSR count). The first-order chi connectivity index (χ1) is 26.0. The molecule has 4 N–H and O–H groups in total. The summed E-state index contributed by atoms with van der Waals surface area (Å²) in [7, 11) is -7.63. The molecular formula is C38H50F2N4O9S2. The third kappa shape index (κ3) is 15.4. The molecule has 55 heavy (non-hydrogen) atoms. The molecule has 4 unspecified atom stereocenters. The number of aliphatic hydroxyl groups is 1. The number of nitrogens with zero attached hydrogens (tertiary/aromatic N) is 1. The topological polar surface area (TPSA) is 198 Å². The van der Waals surface area contributed by atoms with Crippen LogP contribution < -0.4 is 16.0 Å². The van der Waals surface area contributed by atoms with Crippen LogP contribution in [0.3, 0.4) is 0 Å². The molecular weight excluding hydrogens is 759 g/mol. The lowest BCUT2D eigenvalue weighted by Crippen LogP contribution is -2.59. The van der Waals surface area contributed by atoms with Crippen molar-refractivity contribution in [1.29, 1.82) is 0 Å². The molecule has 1 aromatic heterocycles. The summed E-state index contributed by atoms with van der Waals surface area (Å²) in [4.78, 5) is 44.9. The Labute approximate surface area is 321 Å². The molecule has 2 aromatic carbocycles. The Bertz CT molecular complexity index is 1900. The first kappa shape index (κ1) is 45.1. The van der Waals surface area contributed by atoms with Gasteiger partial charge in [-0.2, -0.15) is 0 Å². The molecule has 3 aromatic rings. The zero-order valence-electron chi connectivity index (χ0n) is 31.1. The number of rotatable bonds is 23. The zero-order chi connectivity index (χ0) is 40.6. The van der Waals surface area contributed by atoms with E-state index in [1.807, 2.05) is 44.2 Å². The minimum atomic E-state index is -4.03. The van der Waals surface area contributed by atoms with Gasteiger partial charge in [0, 0.05) is 31.3 Å². The second kappa shape index (κ2) is 21.7. The Balaban J connectivity index is 2.02. The van der Waals surface area contributed by atoms with E-state index in [1.54, 1.807) is 0 Å². The maximum absolute atomic E-state index is 14.4. The Morgan fingerprint density at radius 2 is 1.53 bits per heavy atom. The smallest absolute Gasteiger partial charge is 0.253 e. The predicted octanol–water partition coefficient (Wildman–Crippen LogP) is 2.72. The highest BCUT2D eigenvalue weighted by atomic mass is 32.2. The number of carbonyl (C=O) groups excluding carboxylic acids is 3. The van der Waals surface area contributed by atoms with Gasteiger partial charge in [0.2, 0.25) is 5.91 Å². The normalized spacial score (nSPS) is 14.1. The summed E-state index contributed by atoms with van der Waals surface area (Å²) < 4.78 is 85.6. The molecule has 0 saturated heterocycles. The van der Waals surface area contributed by atoms with Crippen LogP contribution in [0.25, 0.3) is 0 Å². The van der Waals surface area contributed by atoms with Crippen molar-refractivity contribution in [3.63, 3.8) is 0 Å². The minimum Gasteiger partial charge on any atom is -0.388 e. The van der Waals surface area contributed by atoms with Crippen molar-refractivity contribution in [3.05, 3.63) is 101 Å². The molecule has 0 aliphatic rings. The van der Waals surface area contributed by atoms with Gasteiger partial charge >= 0.3 is 0 Å². The Morgan fingerprint density at radius 1 is 0.873 bits per heavy atom. The van der Waals surface area contributed by atoms with Crippen molar-refractivity contribution in [2.45, 2.75) is 81.9 Å². The van der Waals surface area contributed by atoms with Crippen LogP contribution in [-0.2, 0) is 46.8 Å². The fourth-order valence-electron chi connectivity index (χ4n) is 5.90. The molecule has 13 nitrogen and oxygen atoms in total. The van der Waals surface area contributed by atoms with Crippen molar-refractivity contribution in [3.8, 4) is 0 Å². The first-order valence-corrected chi connectivity index (χ1v) is 21.8. The van der Waals surface area contributed by atoms with Crippen LogP contribution in [0.15, 0.2) is 73.1 Å². The van der Waals surface area contributed by atoms with E-state index in [2.05, 4.69) is 20.9 Å². The van der Waals surface area contributed by atoms with Gasteiger partial charge < -0.3 is 25.8 Å². The van der Waals surface area contributed by atoms with Gasteiger partial charge in [0.1, 0.15) is 33.6 Å². The van der Waals surface area contributed by atoms with Gasteiger partial charge in [-0.1, -0.05) is 57.0 Å². The number of amides is 3. The van der Waals surface area contributed by atoms with Gasteiger partial charge in [0.15, 0.2) is 15.9 Å². The number of halogens is 2. The number of sulfone groups is 2. The highest BCUT2D eigenvalue weighted by Gasteiger charge is 2.38. The SMILES string of the molecule is CCCC(CCC)S(=O)(=O)CC(NC(=O)c1cccnc1)C(=O)NC(Cc1cc(F)cc(F)c1)C(O)C(OCCS(C)(=O)=O)C(=O)NCCc1ccccc1. The van der Waals surface area contributed by atoms with E-state index < -0.39 is 103 Å². The van der Waals surface area contributed by atoms with Crippen LogP contribution in [0.4, 0.5) is 8.78 Å². The number of pyridine rings is 1. The lowest BCUT2D eigenvalue weighted by Gasteiger charge is -2.31. The number of hydrogen-bond donors (Lipinski definition) is 4. The van der Waals surface area contributed by atoms with Crippen LogP contribution in [0.5, 0.6) is 0 Å². The molecule has 3 amide bonds. The summed E-state index contributed by atoms with van der Waals surface area (Å²) in [6.45, 7) is 3.17. The fourth-order valence-corrected chi connectivity index (χ4v) is 8.46. The lowest BCUT2D eigenvalue weighted by molar-refractivity contribution is -0.143. The summed E-state index contributed by atoms with van der Waals surface area (Å²) in [5.41, 5.74) is 0.844. The van der Waals surface area contributed by atoms with Gasteiger partial charge in [0.05, 0.1) is 35.0 Å². The van der Waals surface area contributed by atoms with E-state index in [-0.39, 0.29) is 17.7 Å². The van der Waals surface area contributed by atoms with Gasteiger partial charge in [-0.25, -0.2) is 25.6 Å². The number of nitrogens with one attached hydrogen (secondary N) is 3. The summed E-state index contributed by atoms with van der Waals surface area (Å²) >= 11 is 0. The maximum Gasteiger partial charge on any atom is 0.253 e. The third-order valence-electron chi connectivity index (χ3n) is 8.67. The van der Waals surface area contributed by atoms with E-state index in [4.69, 9.17) is 4.74 Å². The minimum absolute atomic E-state index is 0.0229. The molecule has 0 aliphatic heterocycles. The Morgan fingerprint density at radius 3 is 2.11 bits per heavy atom. The molecule has 0 spiro atoms. The molecule has 0 fully saturated rings. The van der Waals surface area contributed by atoms with Crippen LogP contribution in [0.1, 0.15) is 61.0 Å². The maximum atomic E-state index is 14.4. The third-order valence-corrected chi connectivity index (χ3v) is 11.9. The number of aliphatic hydroxyl groups excluding tert-OH is 1. The van der Waals surface area contributed by atoms with Gasteiger partial charge in [-0.05, 0) is 61.1 Å². The summed E-state index contributed by atoms with van der Waals surface area (Å²) in [6, 6.07) is 11.2. The highest BCUT2D eigenvalue weighted by molar-refractivity contribution is 7.92. The number of carbonyl (C=O) groups is 3. The Kier molecular flexibility index (Phi) is 17.8. The van der Waals surface area contributed by atoms with Gasteiger partial charge in [0.25, 0.3) is 11.8 Å². The molecule has 0 bridgehead atoms.